The van der Waals surface area contributed by atoms with E-state index in [1.54, 1.807) is 23.9 Å². The number of nitrogens with one attached hydrogen (secondary N) is 1. The van der Waals surface area contributed by atoms with E-state index in [1.807, 2.05) is 25.3 Å². The number of pyridine rings is 1. The molecule has 1 amide bonds. The molecule has 1 aliphatic carbocycles. The summed E-state index contributed by atoms with van der Waals surface area (Å²) >= 11 is 0. The van der Waals surface area contributed by atoms with Gasteiger partial charge >= 0.3 is 0 Å². The van der Waals surface area contributed by atoms with Crippen molar-refractivity contribution in [2.24, 2.45) is 11.7 Å². The molecule has 0 radical (unpaired) electrons. The number of ether oxygens (including phenoxy) is 1. The Hall–Kier alpha value is -3.13. The molecule has 0 spiro atoms. The molecule has 4 N–H and O–H groups in total. The van der Waals surface area contributed by atoms with Crippen LogP contribution in [-0.4, -0.2) is 44.9 Å². The first-order chi connectivity index (χ1) is 13.5. The predicted molar refractivity (Wildman–Crippen MR) is 105 cm³/mol. The number of aromatic nitrogens is 3. The van der Waals surface area contributed by atoms with E-state index in [4.69, 9.17) is 10.5 Å². The largest absolute Gasteiger partial charge is 0.481 e. The number of carbonyl (C=O) groups excluding carboxylic acids is 1. The first-order valence-corrected chi connectivity index (χ1v) is 9.24. The Kier molecular flexibility index (Phi) is 4.64. The van der Waals surface area contributed by atoms with E-state index in [-0.39, 0.29) is 6.04 Å². The minimum absolute atomic E-state index is 0.224. The van der Waals surface area contributed by atoms with Gasteiger partial charge in [-0.2, -0.15) is 5.10 Å². The Morgan fingerprint density at radius 2 is 2.14 bits per heavy atom. The Bertz CT molecular complexity index is 1010. The molecule has 1 unspecified atom stereocenters. The van der Waals surface area contributed by atoms with Crippen molar-refractivity contribution in [2.45, 2.75) is 31.9 Å². The summed E-state index contributed by atoms with van der Waals surface area (Å²) < 4.78 is 6.79. The molecule has 1 saturated carbocycles. The lowest BCUT2D eigenvalue weighted by atomic mass is 10.1. The number of nitrogens with two attached hydrogens (primary N) is 1. The van der Waals surface area contributed by atoms with Crippen LogP contribution in [0.15, 0.2) is 36.8 Å². The fourth-order valence-corrected chi connectivity index (χ4v) is 3.38. The topological polar surface area (TPSA) is 115 Å². The van der Waals surface area contributed by atoms with Gasteiger partial charge in [0.25, 0.3) is 5.91 Å². The van der Waals surface area contributed by atoms with Gasteiger partial charge in [-0.05, 0) is 37.8 Å². The van der Waals surface area contributed by atoms with Crippen LogP contribution in [0, 0.1) is 5.92 Å². The number of amides is 1. The normalized spacial score (nSPS) is 16.0. The van der Waals surface area contributed by atoms with Crippen LogP contribution in [0.25, 0.3) is 16.6 Å². The van der Waals surface area contributed by atoms with E-state index in [9.17, 15) is 9.90 Å². The summed E-state index contributed by atoms with van der Waals surface area (Å²) in [6.45, 7) is 1.90. The van der Waals surface area contributed by atoms with E-state index in [1.165, 1.54) is 6.20 Å². The average molecular weight is 381 g/mol. The second-order valence-corrected chi connectivity index (χ2v) is 7.21. The number of hydrogen-bond acceptors (Lipinski definition) is 6. The van der Waals surface area contributed by atoms with Crippen LogP contribution in [0.1, 0.15) is 30.1 Å². The van der Waals surface area contributed by atoms with Gasteiger partial charge in [0.05, 0.1) is 36.2 Å². The second-order valence-electron chi connectivity index (χ2n) is 7.21. The quantitative estimate of drug-likeness (QED) is 0.577. The zero-order chi connectivity index (χ0) is 19.8. The lowest BCUT2D eigenvalue weighted by molar-refractivity contribution is 0.1000. The first kappa shape index (κ1) is 18.2. The van der Waals surface area contributed by atoms with Crippen molar-refractivity contribution in [3.63, 3.8) is 0 Å². The Balaban J connectivity index is 1.75. The fraction of sp³-hybridized carbons (Fsp3) is 0.350. The van der Waals surface area contributed by atoms with Gasteiger partial charge in [0.1, 0.15) is 0 Å². The van der Waals surface area contributed by atoms with Crippen LogP contribution in [0.4, 0.5) is 5.69 Å². The molecular formula is C20H23N5O3. The smallest absolute Gasteiger partial charge is 0.252 e. The predicted octanol–water partition coefficient (Wildman–Crippen LogP) is 2.08. The number of anilines is 1. The summed E-state index contributed by atoms with van der Waals surface area (Å²) in [5, 5.41) is 18.0. The monoisotopic (exact) mass is 381 g/mol. The van der Waals surface area contributed by atoms with Crippen molar-refractivity contribution in [2.75, 3.05) is 12.4 Å². The van der Waals surface area contributed by atoms with E-state index in [2.05, 4.69) is 15.4 Å². The lowest BCUT2D eigenvalue weighted by Gasteiger charge is -2.22. The summed E-state index contributed by atoms with van der Waals surface area (Å²) in [6, 6.07) is 5.38. The zero-order valence-electron chi connectivity index (χ0n) is 15.8. The standard InChI is InChI=1S/C20H23N5O3/c1-11(19(26)12-3-4-12)24-18-15(20(21)27)9-23-25-10-14(7-16(18)25)13-5-6-17(28-2)22-8-13/h5-12,19,24,26H,3-4H2,1-2H3,(H2,21,27)/t11?,19-/m0/s1. The molecule has 1 fully saturated rings. The molecule has 8 nitrogen and oxygen atoms in total. The molecule has 3 heterocycles. The number of carbonyl (C=O) groups is 1. The Morgan fingerprint density at radius 3 is 2.75 bits per heavy atom. The van der Waals surface area contributed by atoms with Crippen molar-refractivity contribution in [1.82, 2.24) is 14.6 Å². The van der Waals surface area contributed by atoms with Crippen molar-refractivity contribution >= 4 is 17.1 Å². The molecule has 0 bridgehead atoms. The van der Waals surface area contributed by atoms with E-state index < -0.39 is 12.0 Å². The number of primary amides is 1. The third kappa shape index (κ3) is 3.38. The third-order valence-corrected chi connectivity index (χ3v) is 5.17. The van der Waals surface area contributed by atoms with Crippen molar-refractivity contribution in [3.05, 3.63) is 42.4 Å². The van der Waals surface area contributed by atoms with Gasteiger partial charge in [-0.1, -0.05) is 0 Å². The van der Waals surface area contributed by atoms with Crippen LogP contribution in [0.2, 0.25) is 0 Å². The van der Waals surface area contributed by atoms with Crippen LogP contribution < -0.4 is 15.8 Å². The Labute approximate surface area is 162 Å². The summed E-state index contributed by atoms with van der Waals surface area (Å²) in [4.78, 5) is 16.2. The number of methoxy groups -OCH3 is 1. The molecule has 28 heavy (non-hydrogen) atoms. The maximum Gasteiger partial charge on any atom is 0.252 e. The maximum absolute atomic E-state index is 12.0. The molecule has 1 aliphatic rings. The molecule has 3 aromatic rings. The van der Waals surface area contributed by atoms with Crippen molar-refractivity contribution in [1.29, 1.82) is 0 Å². The molecule has 3 aromatic heterocycles. The van der Waals surface area contributed by atoms with Gasteiger partial charge in [-0.3, -0.25) is 4.79 Å². The van der Waals surface area contributed by atoms with Gasteiger partial charge in [-0.15, -0.1) is 0 Å². The minimum atomic E-state index is -0.570. The van der Waals surface area contributed by atoms with Gasteiger partial charge in [0.15, 0.2) is 0 Å². The summed E-state index contributed by atoms with van der Waals surface area (Å²) in [7, 11) is 1.57. The highest BCUT2D eigenvalue weighted by Gasteiger charge is 2.34. The van der Waals surface area contributed by atoms with Gasteiger partial charge in [0, 0.05) is 35.6 Å². The molecule has 0 saturated heterocycles. The number of aliphatic hydroxyl groups is 1. The van der Waals surface area contributed by atoms with Crippen molar-refractivity contribution in [3.8, 4) is 17.0 Å². The highest BCUT2D eigenvalue weighted by molar-refractivity contribution is 6.02. The lowest BCUT2D eigenvalue weighted by Crippen LogP contribution is -2.33. The maximum atomic E-state index is 12.0. The SMILES string of the molecule is COc1ccc(-c2cc3c(NC(C)[C@H](O)C4CC4)c(C(N)=O)cnn3c2)cn1. The van der Waals surface area contributed by atoms with Crippen LogP contribution in [0.3, 0.4) is 0 Å². The molecule has 146 valence electrons. The summed E-state index contributed by atoms with van der Waals surface area (Å²) in [6.07, 6.45) is 6.60. The number of hydrogen-bond donors (Lipinski definition) is 3. The minimum Gasteiger partial charge on any atom is -0.481 e. The van der Waals surface area contributed by atoms with Gasteiger partial charge in [0.2, 0.25) is 5.88 Å². The average Bonchev–Trinajstić information content (AvgIpc) is 3.45. The molecule has 2 atom stereocenters. The highest BCUT2D eigenvalue weighted by Crippen LogP contribution is 2.35. The highest BCUT2D eigenvalue weighted by atomic mass is 16.5. The Morgan fingerprint density at radius 1 is 1.36 bits per heavy atom. The summed E-state index contributed by atoms with van der Waals surface area (Å²) in [5.41, 5.74) is 8.92. The molecular weight excluding hydrogens is 358 g/mol. The van der Waals surface area contributed by atoms with Crippen LogP contribution in [-0.2, 0) is 0 Å². The third-order valence-electron chi connectivity index (χ3n) is 5.17. The first-order valence-electron chi connectivity index (χ1n) is 9.24. The van der Waals surface area contributed by atoms with E-state index >= 15 is 0 Å². The van der Waals surface area contributed by atoms with E-state index in [0.717, 1.165) is 24.0 Å². The number of nitrogens with zero attached hydrogens (tertiary/aromatic N) is 3. The molecule has 4 rings (SSSR count). The molecule has 0 aromatic carbocycles. The van der Waals surface area contributed by atoms with Crippen LogP contribution >= 0.6 is 0 Å². The summed E-state index contributed by atoms with van der Waals surface area (Å²) in [5.74, 6) is 0.275. The van der Waals surface area contributed by atoms with E-state index in [0.29, 0.717) is 28.6 Å². The molecule has 8 heteroatoms. The number of fused-ring (bicyclic) bond motifs is 1. The van der Waals surface area contributed by atoms with Gasteiger partial charge in [-0.25, -0.2) is 9.50 Å². The van der Waals surface area contributed by atoms with Crippen LogP contribution in [0.5, 0.6) is 5.88 Å². The van der Waals surface area contributed by atoms with Crippen molar-refractivity contribution < 1.29 is 14.6 Å². The zero-order valence-corrected chi connectivity index (χ0v) is 15.8. The number of aliphatic hydroxyl groups excluding tert-OH is 1. The molecule has 0 aliphatic heterocycles. The fourth-order valence-electron chi connectivity index (χ4n) is 3.38. The van der Waals surface area contributed by atoms with Gasteiger partial charge < -0.3 is 20.9 Å². The number of rotatable bonds is 7. The second kappa shape index (κ2) is 7.12.